The number of aromatic amines is 1. The van der Waals surface area contributed by atoms with Crippen molar-refractivity contribution in [3.8, 4) is 0 Å². The first-order valence-corrected chi connectivity index (χ1v) is 4.53. The first-order valence-electron chi connectivity index (χ1n) is 4.53. The molecule has 1 N–H and O–H groups in total. The third kappa shape index (κ3) is 2.50. The number of aromatic nitrogens is 1. The number of rotatable bonds is 3. The molecule has 0 aliphatic rings. The molecule has 5 heteroatoms. The summed E-state index contributed by atoms with van der Waals surface area (Å²) in [6.45, 7) is 7.11. The van der Waals surface area contributed by atoms with Crippen molar-refractivity contribution in [1.82, 2.24) is 9.88 Å². The number of nitrogens with one attached hydrogen (secondary N) is 1. The summed E-state index contributed by atoms with van der Waals surface area (Å²) in [7, 11) is 7.57. The maximum atomic E-state index is 7.11. The molecule has 0 saturated carbocycles. The maximum Gasteiger partial charge on any atom is 0.252 e. The van der Waals surface area contributed by atoms with Crippen LogP contribution < -0.4 is 4.90 Å². The zero-order valence-electron chi connectivity index (χ0n) is 9.44. The summed E-state index contributed by atoms with van der Waals surface area (Å²) >= 11 is 0. The normalized spacial score (nSPS) is 10.3. The van der Waals surface area contributed by atoms with E-state index in [9.17, 15) is 0 Å². The maximum absolute atomic E-state index is 7.11. The Morgan fingerprint density at radius 1 is 1.40 bits per heavy atom. The molecule has 0 aliphatic heterocycles. The molecular formula is C10H15N5. The van der Waals surface area contributed by atoms with E-state index in [0.29, 0.717) is 11.5 Å². The lowest BCUT2D eigenvalue weighted by Crippen LogP contribution is -2.07. The smallest absolute Gasteiger partial charge is 0.252 e. The molecule has 0 spiro atoms. The molecule has 0 saturated heterocycles. The van der Waals surface area contributed by atoms with E-state index in [1.165, 1.54) is 0 Å². The van der Waals surface area contributed by atoms with Crippen LogP contribution >= 0.6 is 0 Å². The summed E-state index contributed by atoms with van der Waals surface area (Å²) in [4.78, 5) is 14.4. The molecule has 15 heavy (non-hydrogen) atoms. The first-order chi connectivity index (χ1) is 7.06. The molecular weight excluding hydrogens is 190 g/mol. The van der Waals surface area contributed by atoms with Crippen molar-refractivity contribution >= 4 is 23.5 Å². The van der Waals surface area contributed by atoms with Crippen molar-refractivity contribution in [2.45, 2.75) is 0 Å². The number of hydrogen-bond acceptors (Lipinski definition) is 2. The van der Waals surface area contributed by atoms with E-state index in [0.717, 1.165) is 5.69 Å². The summed E-state index contributed by atoms with van der Waals surface area (Å²) in [5.41, 5.74) is 1.41. The molecule has 0 unspecified atom stereocenters. The fourth-order valence-electron chi connectivity index (χ4n) is 1.12. The van der Waals surface area contributed by atoms with Crippen LogP contribution in [-0.4, -0.2) is 44.4 Å². The highest BCUT2D eigenvalue weighted by Gasteiger charge is 2.11. The Labute approximate surface area is 89.8 Å². The molecule has 1 aromatic rings. The Kier molecular flexibility index (Phi) is 3.34. The highest BCUT2D eigenvalue weighted by Crippen LogP contribution is 2.36. The van der Waals surface area contributed by atoms with E-state index in [1.807, 2.05) is 38.0 Å². The third-order valence-corrected chi connectivity index (χ3v) is 1.82. The topological polar surface area (TPSA) is 39.0 Å². The second-order valence-electron chi connectivity index (χ2n) is 3.59. The number of H-pyrrole nitrogens is 1. The molecule has 0 radical (unpaired) electrons. The van der Waals surface area contributed by atoms with Gasteiger partial charge in [0.05, 0.1) is 18.6 Å². The minimum Gasteiger partial charge on any atom is -0.385 e. The molecule has 0 atom stereocenters. The standard InChI is InChI=1S/C10H15N5/c1-11-9-8(15(4)5)6-12-10(9)13-7-14(2)3/h6-7,12H,2-5H3. The lowest BCUT2D eigenvalue weighted by molar-refractivity contribution is 0.643. The Balaban J connectivity index is 3.06. The van der Waals surface area contributed by atoms with Gasteiger partial charge < -0.3 is 14.8 Å². The van der Waals surface area contributed by atoms with Crippen LogP contribution in [0, 0.1) is 6.57 Å². The van der Waals surface area contributed by atoms with Crippen LogP contribution in [0.3, 0.4) is 0 Å². The van der Waals surface area contributed by atoms with Gasteiger partial charge in [0.15, 0.2) is 0 Å². The summed E-state index contributed by atoms with van der Waals surface area (Å²) in [5.74, 6) is 0.599. The Morgan fingerprint density at radius 2 is 2.07 bits per heavy atom. The van der Waals surface area contributed by atoms with Gasteiger partial charge >= 0.3 is 0 Å². The van der Waals surface area contributed by atoms with Crippen molar-refractivity contribution in [1.29, 1.82) is 0 Å². The molecule has 0 aliphatic carbocycles. The van der Waals surface area contributed by atoms with Gasteiger partial charge in [-0.05, 0) is 0 Å². The van der Waals surface area contributed by atoms with E-state index in [1.54, 1.807) is 12.5 Å². The van der Waals surface area contributed by atoms with Crippen LogP contribution in [0.1, 0.15) is 0 Å². The minimum atomic E-state index is 0.554. The van der Waals surface area contributed by atoms with Crippen molar-refractivity contribution in [3.05, 3.63) is 17.6 Å². The van der Waals surface area contributed by atoms with Gasteiger partial charge in [-0.2, -0.15) is 0 Å². The molecule has 1 rings (SSSR count). The highest BCUT2D eigenvalue weighted by molar-refractivity contribution is 5.82. The fourth-order valence-corrected chi connectivity index (χ4v) is 1.12. The predicted octanol–water partition coefficient (Wildman–Crippen LogP) is 1.85. The van der Waals surface area contributed by atoms with E-state index in [4.69, 9.17) is 6.57 Å². The van der Waals surface area contributed by atoms with Crippen LogP contribution in [0.4, 0.5) is 17.2 Å². The third-order valence-electron chi connectivity index (χ3n) is 1.82. The number of nitrogens with zero attached hydrogens (tertiary/aromatic N) is 4. The number of hydrogen-bond donors (Lipinski definition) is 1. The number of aliphatic imine (C=N–C) groups is 1. The zero-order valence-corrected chi connectivity index (χ0v) is 9.44. The van der Waals surface area contributed by atoms with Crippen molar-refractivity contribution in [2.24, 2.45) is 4.99 Å². The minimum absolute atomic E-state index is 0.554. The second kappa shape index (κ2) is 4.51. The quantitative estimate of drug-likeness (QED) is 0.464. The van der Waals surface area contributed by atoms with Gasteiger partial charge in [-0.25, -0.2) is 9.84 Å². The molecule has 1 heterocycles. The van der Waals surface area contributed by atoms with Crippen LogP contribution in [-0.2, 0) is 0 Å². The monoisotopic (exact) mass is 205 g/mol. The predicted molar refractivity (Wildman–Crippen MR) is 63.2 cm³/mol. The van der Waals surface area contributed by atoms with E-state index >= 15 is 0 Å². The van der Waals surface area contributed by atoms with Gasteiger partial charge in [-0.15, -0.1) is 0 Å². The first kappa shape index (κ1) is 11.1. The molecule has 0 amide bonds. The van der Waals surface area contributed by atoms with Crippen molar-refractivity contribution < 1.29 is 0 Å². The summed E-state index contributed by atoms with van der Waals surface area (Å²) in [6.07, 6.45) is 3.45. The number of anilines is 1. The zero-order chi connectivity index (χ0) is 11.4. The summed E-state index contributed by atoms with van der Waals surface area (Å²) in [6, 6.07) is 0. The van der Waals surface area contributed by atoms with Crippen LogP contribution in [0.5, 0.6) is 0 Å². The van der Waals surface area contributed by atoms with Gasteiger partial charge in [0.25, 0.3) is 5.69 Å². The average Bonchev–Trinajstić information content (AvgIpc) is 2.57. The van der Waals surface area contributed by atoms with Gasteiger partial charge in [-0.1, -0.05) is 0 Å². The Morgan fingerprint density at radius 3 is 2.53 bits per heavy atom. The van der Waals surface area contributed by atoms with E-state index in [-0.39, 0.29) is 0 Å². The van der Waals surface area contributed by atoms with Crippen molar-refractivity contribution in [2.75, 3.05) is 33.1 Å². The van der Waals surface area contributed by atoms with Gasteiger partial charge in [0.2, 0.25) is 0 Å². The van der Waals surface area contributed by atoms with Crippen LogP contribution in [0.2, 0.25) is 0 Å². The average molecular weight is 205 g/mol. The second-order valence-corrected chi connectivity index (χ2v) is 3.59. The van der Waals surface area contributed by atoms with E-state index in [2.05, 4.69) is 14.8 Å². The summed E-state index contributed by atoms with van der Waals surface area (Å²) < 4.78 is 0. The highest BCUT2D eigenvalue weighted by atomic mass is 15.1. The van der Waals surface area contributed by atoms with Gasteiger partial charge in [0, 0.05) is 34.4 Å². The lowest BCUT2D eigenvalue weighted by atomic mass is 10.4. The van der Waals surface area contributed by atoms with Crippen LogP contribution in [0.25, 0.3) is 4.85 Å². The molecule has 1 aromatic heterocycles. The van der Waals surface area contributed by atoms with E-state index < -0.39 is 0 Å². The Bertz CT molecular complexity index is 394. The molecule has 0 fully saturated rings. The lowest BCUT2D eigenvalue weighted by Gasteiger charge is -2.09. The van der Waals surface area contributed by atoms with Gasteiger partial charge in [0.1, 0.15) is 5.82 Å². The molecule has 80 valence electrons. The van der Waals surface area contributed by atoms with Gasteiger partial charge in [-0.3, -0.25) is 0 Å². The SMILES string of the molecule is [C-]#[N+]c1c(N(C)C)c[nH]c1N=CN(C)C. The molecule has 0 bridgehead atoms. The molecule has 5 nitrogen and oxygen atoms in total. The van der Waals surface area contributed by atoms with Crippen molar-refractivity contribution in [3.63, 3.8) is 0 Å². The summed E-state index contributed by atoms with van der Waals surface area (Å²) in [5, 5.41) is 0. The fraction of sp³-hybridized carbons (Fsp3) is 0.400. The molecule has 0 aromatic carbocycles. The largest absolute Gasteiger partial charge is 0.385 e. The Hall–Kier alpha value is -1.96. The van der Waals surface area contributed by atoms with Crippen LogP contribution in [0.15, 0.2) is 11.2 Å².